The predicted octanol–water partition coefficient (Wildman–Crippen LogP) is 3.39. The fourth-order valence-corrected chi connectivity index (χ4v) is 3.61. The first-order valence-electron chi connectivity index (χ1n) is 9.40. The highest BCUT2D eigenvalue weighted by Crippen LogP contribution is 2.27. The van der Waals surface area contributed by atoms with Gasteiger partial charge < -0.3 is 16.0 Å². The number of aromatic amines is 1. The number of fused-ring (bicyclic) bond motifs is 2. The van der Waals surface area contributed by atoms with Gasteiger partial charge in [-0.2, -0.15) is 5.10 Å². The Morgan fingerprint density at radius 1 is 1.23 bits per heavy atom. The first kappa shape index (κ1) is 19.2. The molecule has 0 saturated carbocycles. The molecule has 0 saturated heterocycles. The van der Waals surface area contributed by atoms with Crippen LogP contribution in [0.3, 0.4) is 0 Å². The number of hydrogen-bond acceptors (Lipinski definition) is 6. The van der Waals surface area contributed by atoms with Crippen LogP contribution in [-0.4, -0.2) is 21.5 Å². The molecule has 0 atom stereocenters. The number of benzene rings is 2. The van der Waals surface area contributed by atoms with E-state index in [9.17, 15) is 14.9 Å². The van der Waals surface area contributed by atoms with Crippen LogP contribution in [0.2, 0.25) is 0 Å². The molecule has 30 heavy (non-hydrogen) atoms. The molecular weight excluding hydrogens is 384 g/mol. The lowest BCUT2D eigenvalue weighted by Gasteiger charge is -2.19. The van der Waals surface area contributed by atoms with Crippen molar-refractivity contribution >= 4 is 33.9 Å². The molecule has 0 fully saturated rings. The van der Waals surface area contributed by atoms with Crippen LogP contribution in [0, 0.1) is 10.1 Å². The van der Waals surface area contributed by atoms with E-state index in [-0.39, 0.29) is 23.1 Å². The molecule has 2 aromatic carbocycles. The second-order valence-corrected chi connectivity index (χ2v) is 7.06. The third-order valence-electron chi connectivity index (χ3n) is 4.94. The van der Waals surface area contributed by atoms with Crippen LogP contribution in [0.4, 0.5) is 11.4 Å². The number of nitrogens with two attached hydrogens (primary N) is 1. The Labute approximate surface area is 171 Å². The van der Waals surface area contributed by atoms with Gasteiger partial charge in [-0.15, -0.1) is 0 Å². The normalized spacial score (nSPS) is 14.3. The highest BCUT2D eigenvalue weighted by Gasteiger charge is 2.19. The Hall–Kier alpha value is -4.14. The van der Waals surface area contributed by atoms with Gasteiger partial charge in [0, 0.05) is 22.7 Å². The number of hydrogen-bond donors (Lipinski definition) is 4. The smallest absolute Gasteiger partial charge is 0.293 e. The van der Waals surface area contributed by atoms with Crippen molar-refractivity contribution in [1.29, 1.82) is 0 Å². The minimum Gasteiger partial charge on any atom is -0.385 e. The van der Waals surface area contributed by atoms with Crippen molar-refractivity contribution in [2.75, 3.05) is 5.32 Å². The lowest BCUT2D eigenvalue weighted by Crippen LogP contribution is -2.19. The molecule has 0 radical (unpaired) electrons. The molecule has 0 unspecified atom stereocenters. The Morgan fingerprint density at radius 2 is 2.07 bits per heavy atom. The van der Waals surface area contributed by atoms with Crippen molar-refractivity contribution in [3.05, 3.63) is 81.8 Å². The molecule has 1 aliphatic rings. The summed E-state index contributed by atoms with van der Waals surface area (Å²) in [6.07, 6.45) is 2.64. The minimum absolute atomic E-state index is 0.0686. The maximum Gasteiger partial charge on any atom is 0.293 e. The lowest BCUT2D eigenvalue weighted by molar-refractivity contribution is -0.383. The van der Waals surface area contributed by atoms with Gasteiger partial charge in [-0.05, 0) is 43.0 Å². The first-order valence-corrected chi connectivity index (χ1v) is 9.40. The molecule has 1 amide bonds. The highest BCUT2D eigenvalue weighted by molar-refractivity contribution is 6.07. The van der Waals surface area contributed by atoms with E-state index in [1.807, 2.05) is 12.1 Å². The SMILES string of the molecule is C=C(N)N/N=C1\CCCc2cc(NC(=O)c3cc4cccc([N+](=O)[O-])c4[nH]3)ccc21. The fourth-order valence-electron chi connectivity index (χ4n) is 3.61. The number of carbonyl (C=O) groups excluding carboxylic acids is 1. The standard InChI is InChI=1S/C21H20N6O3/c1-12(22)25-26-17-6-2-4-13-10-15(8-9-16(13)17)23-21(28)18-11-14-5-3-7-19(27(29)30)20(14)24-18/h3,5,7-11,24-25H,1-2,4,6,22H2,(H,23,28)/b26-17+. The molecule has 1 aliphatic carbocycles. The summed E-state index contributed by atoms with van der Waals surface area (Å²) < 4.78 is 0. The number of carbonyl (C=O) groups is 1. The summed E-state index contributed by atoms with van der Waals surface area (Å²) in [5.74, 6) is -0.0941. The largest absolute Gasteiger partial charge is 0.385 e. The van der Waals surface area contributed by atoms with E-state index in [2.05, 4.69) is 27.4 Å². The summed E-state index contributed by atoms with van der Waals surface area (Å²) in [5.41, 5.74) is 12.4. The number of para-hydroxylation sites is 1. The summed E-state index contributed by atoms with van der Waals surface area (Å²) in [4.78, 5) is 26.3. The van der Waals surface area contributed by atoms with Gasteiger partial charge in [0.05, 0.1) is 10.6 Å². The number of nitro groups is 1. The molecule has 0 aliphatic heterocycles. The topological polar surface area (TPSA) is 138 Å². The third-order valence-corrected chi connectivity index (χ3v) is 4.94. The first-order chi connectivity index (χ1) is 14.4. The Kier molecular flexibility index (Phi) is 4.93. The number of nitrogens with zero attached hydrogens (tertiary/aromatic N) is 2. The molecular formula is C21H20N6O3. The molecule has 152 valence electrons. The van der Waals surface area contributed by atoms with Crippen LogP contribution in [0.1, 0.15) is 34.5 Å². The molecule has 9 nitrogen and oxygen atoms in total. The van der Waals surface area contributed by atoms with Crippen LogP contribution in [-0.2, 0) is 6.42 Å². The highest BCUT2D eigenvalue weighted by atomic mass is 16.6. The number of H-pyrrole nitrogens is 1. The van der Waals surface area contributed by atoms with Gasteiger partial charge in [0.15, 0.2) is 0 Å². The van der Waals surface area contributed by atoms with Gasteiger partial charge in [-0.3, -0.25) is 20.3 Å². The van der Waals surface area contributed by atoms with Crippen molar-refractivity contribution in [3.8, 4) is 0 Å². The quantitative estimate of drug-likeness (QED) is 0.381. The summed E-state index contributed by atoms with van der Waals surface area (Å²) in [7, 11) is 0. The van der Waals surface area contributed by atoms with E-state index >= 15 is 0 Å². The Balaban J connectivity index is 1.58. The van der Waals surface area contributed by atoms with Gasteiger partial charge >= 0.3 is 0 Å². The van der Waals surface area contributed by atoms with Crippen LogP contribution in [0.5, 0.6) is 0 Å². The zero-order chi connectivity index (χ0) is 21.3. The fraction of sp³-hybridized carbons (Fsp3) is 0.143. The molecule has 5 N–H and O–H groups in total. The molecule has 1 heterocycles. The van der Waals surface area contributed by atoms with Crippen LogP contribution >= 0.6 is 0 Å². The second kappa shape index (κ2) is 7.70. The van der Waals surface area contributed by atoms with E-state index in [0.717, 1.165) is 36.1 Å². The second-order valence-electron chi connectivity index (χ2n) is 7.06. The van der Waals surface area contributed by atoms with Gasteiger partial charge in [-0.1, -0.05) is 24.8 Å². The molecule has 9 heteroatoms. The molecule has 0 spiro atoms. The van der Waals surface area contributed by atoms with E-state index in [0.29, 0.717) is 16.6 Å². The number of rotatable bonds is 5. The van der Waals surface area contributed by atoms with Crippen molar-refractivity contribution in [2.24, 2.45) is 10.8 Å². The average molecular weight is 404 g/mol. The zero-order valence-electron chi connectivity index (χ0n) is 16.1. The monoisotopic (exact) mass is 404 g/mol. The Bertz CT molecular complexity index is 1210. The lowest BCUT2D eigenvalue weighted by atomic mass is 9.90. The van der Waals surface area contributed by atoms with Crippen LogP contribution in [0.15, 0.2) is 60.0 Å². The van der Waals surface area contributed by atoms with Gasteiger partial charge in [-0.25, -0.2) is 0 Å². The number of aromatic nitrogens is 1. The maximum atomic E-state index is 12.7. The third kappa shape index (κ3) is 3.72. The Morgan fingerprint density at radius 3 is 2.83 bits per heavy atom. The van der Waals surface area contributed by atoms with Gasteiger partial charge in [0.25, 0.3) is 11.6 Å². The number of nitro benzene ring substituents is 1. The summed E-state index contributed by atoms with van der Waals surface area (Å²) in [5, 5.41) is 19.0. The van der Waals surface area contributed by atoms with E-state index < -0.39 is 4.92 Å². The maximum absolute atomic E-state index is 12.7. The molecule has 4 rings (SSSR count). The van der Waals surface area contributed by atoms with E-state index in [1.165, 1.54) is 6.07 Å². The van der Waals surface area contributed by atoms with Gasteiger partial charge in [0.1, 0.15) is 17.0 Å². The predicted molar refractivity (Wildman–Crippen MR) is 115 cm³/mol. The van der Waals surface area contributed by atoms with Crippen molar-refractivity contribution < 1.29 is 9.72 Å². The van der Waals surface area contributed by atoms with Crippen LogP contribution in [0.25, 0.3) is 10.9 Å². The van der Waals surface area contributed by atoms with E-state index in [1.54, 1.807) is 24.3 Å². The summed E-state index contributed by atoms with van der Waals surface area (Å²) in [6.45, 7) is 3.57. The summed E-state index contributed by atoms with van der Waals surface area (Å²) in [6, 6.07) is 12.0. The van der Waals surface area contributed by atoms with E-state index in [4.69, 9.17) is 5.73 Å². The zero-order valence-corrected chi connectivity index (χ0v) is 16.1. The van der Waals surface area contributed by atoms with Crippen LogP contribution < -0.4 is 16.5 Å². The number of amides is 1. The number of hydrazone groups is 1. The van der Waals surface area contributed by atoms with Crippen molar-refractivity contribution in [2.45, 2.75) is 19.3 Å². The molecule has 3 aromatic rings. The van der Waals surface area contributed by atoms with Crippen molar-refractivity contribution in [3.63, 3.8) is 0 Å². The number of non-ortho nitro benzene ring substituents is 1. The average Bonchev–Trinajstić information content (AvgIpc) is 3.16. The number of anilines is 1. The van der Waals surface area contributed by atoms with Crippen molar-refractivity contribution in [1.82, 2.24) is 10.4 Å². The molecule has 0 bridgehead atoms. The van der Waals surface area contributed by atoms with Gasteiger partial charge in [0.2, 0.25) is 0 Å². The number of nitrogens with one attached hydrogen (secondary N) is 3. The summed E-state index contributed by atoms with van der Waals surface area (Å²) >= 11 is 0. The minimum atomic E-state index is -0.474. The number of aryl methyl sites for hydroxylation is 1. The molecule has 1 aromatic heterocycles.